The summed E-state index contributed by atoms with van der Waals surface area (Å²) >= 11 is 6.65. The van der Waals surface area contributed by atoms with E-state index in [4.69, 9.17) is 9.84 Å². The van der Waals surface area contributed by atoms with Crippen molar-refractivity contribution < 1.29 is 23.8 Å². The first-order valence-electron chi connectivity index (χ1n) is 7.39. The normalized spacial score (nSPS) is 10.3. The van der Waals surface area contributed by atoms with Crippen LogP contribution in [0.4, 0.5) is 10.1 Å². The topological polar surface area (TPSA) is 87.7 Å². The van der Waals surface area contributed by atoms with Crippen LogP contribution in [0.2, 0.25) is 0 Å². The molecule has 0 saturated carbocycles. The monoisotopic (exact) mass is 488 g/mol. The molecule has 6 nitrogen and oxygen atoms in total. The summed E-state index contributed by atoms with van der Waals surface area (Å²) in [4.78, 5) is 22.5. The third kappa shape index (κ3) is 5.43. The lowest BCUT2D eigenvalue weighted by Crippen LogP contribution is -2.29. The van der Waals surface area contributed by atoms with Crippen molar-refractivity contribution in [3.05, 3.63) is 56.2 Å². The Morgan fingerprint density at radius 3 is 2.38 bits per heavy atom. The number of halogens is 3. The van der Waals surface area contributed by atoms with Crippen LogP contribution in [0.15, 0.2) is 39.3 Å². The van der Waals surface area contributed by atoms with Gasteiger partial charge in [0.15, 0.2) is 0 Å². The maximum Gasteiger partial charge on any atom is 0.322 e. The number of ether oxygens (including phenoxy) is 1. The van der Waals surface area contributed by atoms with Crippen LogP contribution in [0.3, 0.4) is 0 Å². The highest BCUT2D eigenvalue weighted by Crippen LogP contribution is 2.35. The summed E-state index contributed by atoms with van der Waals surface area (Å²) in [5, 5.41) is 13.8. The molecule has 0 saturated heterocycles. The minimum absolute atomic E-state index is 0.119. The molecule has 138 valence electrons. The van der Waals surface area contributed by atoms with E-state index in [0.717, 1.165) is 0 Å². The molecule has 0 bridgehead atoms. The highest BCUT2D eigenvalue weighted by molar-refractivity contribution is 9.11. The van der Waals surface area contributed by atoms with Crippen molar-refractivity contribution in [3.8, 4) is 5.75 Å². The number of hydrogen-bond acceptors (Lipinski definition) is 4. The molecular weight excluding hydrogens is 475 g/mol. The molecule has 2 rings (SSSR count). The summed E-state index contributed by atoms with van der Waals surface area (Å²) < 4.78 is 20.3. The fraction of sp³-hybridized carbons (Fsp3) is 0.176. The highest BCUT2D eigenvalue weighted by atomic mass is 79.9. The summed E-state index contributed by atoms with van der Waals surface area (Å²) in [5.41, 5.74) is 1.53. The molecule has 0 spiro atoms. The minimum Gasteiger partial charge on any atom is -0.487 e. The molecule has 0 unspecified atom stereocenters. The van der Waals surface area contributed by atoms with Gasteiger partial charge in [0.1, 0.15) is 24.7 Å². The number of benzene rings is 2. The number of carboxylic acid groups (broad SMARTS) is 1. The fourth-order valence-corrected chi connectivity index (χ4v) is 3.54. The molecule has 0 fully saturated rings. The summed E-state index contributed by atoms with van der Waals surface area (Å²) in [6.07, 6.45) is 0. The molecule has 2 aromatic carbocycles. The molecule has 0 heterocycles. The largest absolute Gasteiger partial charge is 0.487 e. The first kappa shape index (κ1) is 20.2. The molecule has 2 aromatic rings. The van der Waals surface area contributed by atoms with Gasteiger partial charge >= 0.3 is 5.97 Å². The van der Waals surface area contributed by atoms with Crippen LogP contribution in [-0.4, -0.2) is 30.6 Å². The SMILES string of the molecule is CNc1cc(F)cc(COc2c(Br)cc(C(=O)NCC(=O)O)cc2Br)c1. The van der Waals surface area contributed by atoms with Gasteiger partial charge in [0, 0.05) is 18.3 Å². The molecule has 1 amide bonds. The second-order valence-corrected chi connectivity index (χ2v) is 6.94. The van der Waals surface area contributed by atoms with Gasteiger partial charge in [0.2, 0.25) is 0 Å². The Morgan fingerprint density at radius 2 is 1.81 bits per heavy atom. The number of carbonyl (C=O) groups excluding carboxylic acids is 1. The lowest BCUT2D eigenvalue weighted by atomic mass is 10.2. The molecule has 3 N–H and O–H groups in total. The number of nitrogens with one attached hydrogen (secondary N) is 2. The predicted octanol–water partition coefficient (Wildman–Crippen LogP) is 3.79. The van der Waals surface area contributed by atoms with Gasteiger partial charge in [-0.3, -0.25) is 9.59 Å². The van der Waals surface area contributed by atoms with Gasteiger partial charge in [0.25, 0.3) is 5.91 Å². The maximum atomic E-state index is 13.6. The lowest BCUT2D eigenvalue weighted by molar-refractivity contribution is -0.135. The average molecular weight is 490 g/mol. The first-order chi connectivity index (χ1) is 12.3. The van der Waals surface area contributed by atoms with Gasteiger partial charge in [-0.25, -0.2) is 4.39 Å². The van der Waals surface area contributed by atoms with E-state index in [1.165, 1.54) is 24.3 Å². The maximum absolute atomic E-state index is 13.6. The van der Waals surface area contributed by atoms with Crippen molar-refractivity contribution in [2.24, 2.45) is 0 Å². The Balaban J connectivity index is 2.14. The van der Waals surface area contributed by atoms with Crippen molar-refractivity contribution in [3.63, 3.8) is 0 Å². The summed E-state index contributed by atoms with van der Waals surface area (Å²) in [7, 11) is 1.70. The fourth-order valence-electron chi connectivity index (χ4n) is 2.12. The van der Waals surface area contributed by atoms with E-state index in [1.807, 2.05) is 0 Å². The number of amides is 1. The Hall–Kier alpha value is -2.13. The van der Waals surface area contributed by atoms with E-state index in [9.17, 15) is 14.0 Å². The third-order valence-corrected chi connectivity index (χ3v) is 4.47. The number of rotatable bonds is 7. The van der Waals surface area contributed by atoms with E-state index >= 15 is 0 Å². The van der Waals surface area contributed by atoms with Crippen LogP contribution in [0, 0.1) is 5.82 Å². The van der Waals surface area contributed by atoms with Crippen molar-refractivity contribution in [1.29, 1.82) is 0 Å². The van der Waals surface area contributed by atoms with Crippen molar-refractivity contribution in [1.82, 2.24) is 5.32 Å². The molecule has 0 aliphatic carbocycles. The summed E-state index contributed by atoms with van der Waals surface area (Å²) in [6, 6.07) is 7.54. The Labute approximate surface area is 166 Å². The van der Waals surface area contributed by atoms with E-state index in [-0.39, 0.29) is 18.0 Å². The van der Waals surface area contributed by atoms with Crippen LogP contribution >= 0.6 is 31.9 Å². The molecule has 0 atom stereocenters. The van der Waals surface area contributed by atoms with Crippen molar-refractivity contribution in [2.75, 3.05) is 18.9 Å². The molecule has 26 heavy (non-hydrogen) atoms. The van der Waals surface area contributed by atoms with Crippen LogP contribution in [0.5, 0.6) is 5.75 Å². The van der Waals surface area contributed by atoms with Gasteiger partial charge < -0.3 is 20.5 Å². The van der Waals surface area contributed by atoms with Crippen molar-refractivity contribution in [2.45, 2.75) is 6.61 Å². The molecule has 0 radical (unpaired) electrons. The van der Waals surface area contributed by atoms with Crippen LogP contribution in [-0.2, 0) is 11.4 Å². The van der Waals surface area contributed by atoms with Gasteiger partial charge in [0.05, 0.1) is 8.95 Å². The Kier molecular flexibility index (Phi) is 6.98. The quantitative estimate of drug-likeness (QED) is 0.550. The molecular formula is C17H15Br2FN2O4. The van der Waals surface area contributed by atoms with E-state index < -0.39 is 18.4 Å². The zero-order chi connectivity index (χ0) is 19.3. The summed E-state index contributed by atoms with van der Waals surface area (Å²) in [6.45, 7) is -0.353. The van der Waals surface area contributed by atoms with Gasteiger partial charge in [-0.05, 0) is 67.8 Å². The first-order valence-corrected chi connectivity index (χ1v) is 8.98. The van der Waals surface area contributed by atoms with Crippen LogP contribution < -0.4 is 15.4 Å². The van der Waals surface area contributed by atoms with Crippen LogP contribution in [0.1, 0.15) is 15.9 Å². The zero-order valence-corrected chi connectivity index (χ0v) is 16.8. The average Bonchev–Trinajstić information content (AvgIpc) is 2.58. The molecule has 9 heteroatoms. The van der Waals surface area contributed by atoms with Gasteiger partial charge in [-0.2, -0.15) is 0 Å². The summed E-state index contributed by atoms with van der Waals surface area (Å²) in [5.74, 6) is -1.59. The lowest BCUT2D eigenvalue weighted by Gasteiger charge is -2.13. The molecule has 0 aliphatic rings. The van der Waals surface area contributed by atoms with E-state index in [2.05, 4.69) is 42.5 Å². The zero-order valence-electron chi connectivity index (χ0n) is 13.6. The molecule has 0 aliphatic heterocycles. The smallest absolute Gasteiger partial charge is 0.322 e. The number of anilines is 1. The predicted molar refractivity (Wildman–Crippen MR) is 102 cm³/mol. The molecule has 0 aromatic heterocycles. The van der Waals surface area contributed by atoms with Gasteiger partial charge in [-0.1, -0.05) is 0 Å². The number of carbonyl (C=O) groups is 2. The Morgan fingerprint density at radius 1 is 1.15 bits per heavy atom. The van der Waals surface area contributed by atoms with Gasteiger partial charge in [-0.15, -0.1) is 0 Å². The van der Waals surface area contributed by atoms with E-state index in [1.54, 1.807) is 13.1 Å². The second-order valence-electron chi connectivity index (χ2n) is 5.23. The third-order valence-electron chi connectivity index (χ3n) is 3.29. The standard InChI is InChI=1S/C17H15Br2FN2O4/c1-21-12-3-9(2-11(20)6-12)8-26-16-13(18)4-10(5-14(16)19)17(25)22-7-15(23)24/h2-6,21H,7-8H2,1H3,(H,22,25)(H,23,24). The number of hydrogen-bond donors (Lipinski definition) is 3. The van der Waals surface area contributed by atoms with Crippen molar-refractivity contribution >= 4 is 49.4 Å². The highest BCUT2D eigenvalue weighted by Gasteiger charge is 2.14. The Bertz CT molecular complexity index is 823. The van der Waals surface area contributed by atoms with E-state index in [0.29, 0.717) is 25.9 Å². The number of aliphatic carboxylic acids is 1. The minimum atomic E-state index is -1.13. The number of carboxylic acids is 1. The van der Waals surface area contributed by atoms with Crippen LogP contribution in [0.25, 0.3) is 0 Å². The second kappa shape index (κ2) is 9.00.